The minimum absolute atomic E-state index is 0.273. The van der Waals surface area contributed by atoms with E-state index in [-0.39, 0.29) is 6.04 Å². The molecule has 0 saturated carbocycles. The van der Waals surface area contributed by atoms with Crippen LogP contribution in [-0.2, 0) is 6.42 Å². The van der Waals surface area contributed by atoms with Crippen molar-refractivity contribution in [2.75, 3.05) is 7.05 Å². The van der Waals surface area contributed by atoms with Gasteiger partial charge in [-0.25, -0.2) is 0 Å². The predicted molar refractivity (Wildman–Crippen MR) is 76.1 cm³/mol. The molecule has 4 heteroatoms. The van der Waals surface area contributed by atoms with Gasteiger partial charge in [-0.3, -0.25) is 0 Å². The van der Waals surface area contributed by atoms with Gasteiger partial charge in [-0.05, 0) is 42.8 Å². The quantitative estimate of drug-likeness (QED) is 0.880. The zero-order valence-corrected chi connectivity index (χ0v) is 12.6. The van der Waals surface area contributed by atoms with E-state index in [1.807, 2.05) is 13.1 Å². The van der Waals surface area contributed by atoms with Crippen LogP contribution in [0.4, 0.5) is 0 Å². The zero-order valence-electron chi connectivity index (χ0n) is 9.41. The van der Waals surface area contributed by atoms with E-state index in [0.717, 1.165) is 15.4 Å². The number of hydrogen-bond donors (Lipinski definition) is 1. The highest BCUT2D eigenvalue weighted by molar-refractivity contribution is 9.11. The largest absolute Gasteiger partial charge is 0.472 e. The summed E-state index contributed by atoms with van der Waals surface area (Å²) in [5.41, 5.74) is 2.44. The third-order valence-electron chi connectivity index (χ3n) is 2.71. The van der Waals surface area contributed by atoms with Gasteiger partial charge in [0.2, 0.25) is 0 Å². The van der Waals surface area contributed by atoms with Crippen molar-refractivity contribution in [1.82, 2.24) is 5.32 Å². The first kappa shape index (κ1) is 12.9. The first-order valence-corrected chi connectivity index (χ1v) is 6.92. The Morgan fingerprint density at radius 1 is 1.29 bits per heavy atom. The minimum Gasteiger partial charge on any atom is -0.472 e. The Morgan fingerprint density at radius 3 is 2.71 bits per heavy atom. The van der Waals surface area contributed by atoms with Crippen molar-refractivity contribution >= 4 is 31.9 Å². The average Bonchev–Trinajstić information content (AvgIpc) is 2.79. The summed E-state index contributed by atoms with van der Waals surface area (Å²) in [6.07, 6.45) is 4.41. The molecule has 2 nitrogen and oxygen atoms in total. The molecule has 0 aliphatic heterocycles. The number of hydrogen-bond acceptors (Lipinski definition) is 2. The SMILES string of the molecule is CNC(Cc1ccoc1)c1ccc(Br)cc1Br. The number of furan rings is 1. The molecule has 0 aliphatic rings. The van der Waals surface area contributed by atoms with Gasteiger partial charge < -0.3 is 9.73 Å². The average molecular weight is 359 g/mol. The molecule has 1 aromatic heterocycles. The fourth-order valence-electron chi connectivity index (χ4n) is 1.80. The van der Waals surface area contributed by atoms with E-state index in [1.54, 1.807) is 12.5 Å². The fourth-order valence-corrected chi connectivity index (χ4v) is 3.12. The normalized spacial score (nSPS) is 12.6. The number of likely N-dealkylation sites (N-methyl/N-ethyl adjacent to an activating group) is 1. The first-order chi connectivity index (χ1) is 8.20. The lowest BCUT2D eigenvalue weighted by Crippen LogP contribution is -2.19. The van der Waals surface area contributed by atoms with Crippen LogP contribution >= 0.6 is 31.9 Å². The van der Waals surface area contributed by atoms with Crippen molar-refractivity contribution in [1.29, 1.82) is 0 Å². The predicted octanol–water partition coefficient (Wildman–Crippen LogP) is 4.31. The maximum Gasteiger partial charge on any atom is 0.0935 e. The summed E-state index contributed by atoms with van der Waals surface area (Å²) in [7, 11) is 1.97. The second-order valence-electron chi connectivity index (χ2n) is 3.84. The molecule has 0 fully saturated rings. The fraction of sp³-hybridized carbons (Fsp3) is 0.231. The minimum atomic E-state index is 0.273. The van der Waals surface area contributed by atoms with Gasteiger partial charge in [0, 0.05) is 15.0 Å². The first-order valence-electron chi connectivity index (χ1n) is 5.34. The van der Waals surface area contributed by atoms with E-state index in [0.29, 0.717) is 0 Å². The van der Waals surface area contributed by atoms with E-state index in [4.69, 9.17) is 4.42 Å². The monoisotopic (exact) mass is 357 g/mol. The number of benzene rings is 1. The topological polar surface area (TPSA) is 25.2 Å². The zero-order chi connectivity index (χ0) is 12.3. The lowest BCUT2D eigenvalue weighted by molar-refractivity contribution is 0.551. The molecule has 0 amide bonds. The van der Waals surface area contributed by atoms with Crippen LogP contribution in [0.1, 0.15) is 17.2 Å². The maximum atomic E-state index is 5.10. The van der Waals surface area contributed by atoms with Crippen molar-refractivity contribution in [3.8, 4) is 0 Å². The van der Waals surface area contributed by atoms with E-state index < -0.39 is 0 Å². The smallest absolute Gasteiger partial charge is 0.0935 e. The van der Waals surface area contributed by atoms with Crippen molar-refractivity contribution < 1.29 is 4.42 Å². The van der Waals surface area contributed by atoms with Crippen LogP contribution < -0.4 is 5.32 Å². The Bertz CT molecular complexity index is 482. The molecule has 0 saturated heterocycles. The molecule has 1 unspecified atom stereocenters. The molecule has 17 heavy (non-hydrogen) atoms. The van der Waals surface area contributed by atoms with Gasteiger partial charge in [0.25, 0.3) is 0 Å². The third kappa shape index (κ3) is 3.21. The lowest BCUT2D eigenvalue weighted by atomic mass is 10.0. The van der Waals surface area contributed by atoms with Crippen LogP contribution in [-0.4, -0.2) is 7.05 Å². The Hall–Kier alpha value is -0.580. The van der Waals surface area contributed by atoms with Gasteiger partial charge in [0.15, 0.2) is 0 Å². The van der Waals surface area contributed by atoms with Gasteiger partial charge in [0.05, 0.1) is 12.5 Å². The molecule has 2 aromatic rings. The van der Waals surface area contributed by atoms with Gasteiger partial charge in [-0.1, -0.05) is 37.9 Å². The molecule has 0 spiro atoms. The Balaban J connectivity index is 2.23. The van der Waals surface area contributed by atoms with E-state index >= 15 is 0 Å². The molecule has 0 aliphatic carbocycles. The summed E-state index contributed by atoms with van der Waals surface area (Å²) in [5, 5.41) is 3.33. The highest BCUT2D eigenvalue weighted by Gasteiger charge is 2.14. The van der Waals surface area contributed by atoms with Crippen LogP contribution in [0, 0.1) is 0 Å². The molecule has 90 valence electrons. The number of rotatable bonds is 4. The molecular formula is C13H13Br2NO. The second-order valence-corrected chi connectivity index (χ2v) is 5.61. The summed E-state index contributed by atoms with van der Waals surface area (Å²) in [6.45, 7) is 0. The summed E-state index contributed by atoms with van der Waals surface area (Å²) in [6, 6.07) is 8.51. The molecule has 1 aromatic carbocycles. The van der Waals surface area contributed by atoms with Crippen LogP contribution in [0.5, 0.6) is 0 Å². The molecule has 1 N–H and O–H groups in total. The molecule has 1 heterocycles. The number of halogens is 2. The van der Waals surface area contributed by atoms with Crippen LogP contribution in [0.15, 0.2) is 50.2 Å². The van der Waals surface area contributed by atoms with Crippen molar-refractivity contribution in [3.05, 3.63) is 56.9 Å². The Kier molecular flexibility index (Phi) is 4.42. The van der Waals surface area contributed by atoms with Gasteiger partial charge in [-0.2, -0.15) is 0 Å². The van der Waals surface area contributed by atoms with Gasteiger partial charge >= 0.3 is 0 Å². The summed E-state index contributed by atoms with van der Waals surface area (Å²) in [5.74, 6) is 0. The maximum absolute atomic E-state index is 5.10. The van der Waals surface area contributed by atoms with Gasteiger partial charge in [0.1, 0.15) is 0 Å². The molecule has 2 rings (SSSR count). The lowest BCUT2D eigenvalue weighted by Gasteiger charge is -2.17. The van der Waals surface area contributed by atoms with Crippen LogP contribution in [0.2, 0.25) is 0 Å². The Morgan fingerprint density at radius 2 is 2.12 bits per heavy atom. The highest BCUT2D eigenvalue weighted by atomic mass is 79.9. The van der Waals surface area contributed by atoms with Crippen molar-refractivity contribution in [2.24, 2.45) is 0 Å². The Labute approximate surface area is 118 Å². The second kappa shape index (κ2) is 5.85. The highest BCUT2D eigenvalue weighted by Crippen LogP contribution is 2.28. The number of nitrogens with one attached hydrogen (secondary N) is 1. The molecule has 0 radical (unpaired) electrons. The third-order valence-corrected chi connectivity index (χ3v) is 3.89. The van der Waals surface area contributed by atoms with E-state index in [2.05, 4.69) is 55.4 Å². The van der Waals surface area contributed by atoms with Gasteiger partial charge in [-0.15, -0.1) is 0 Å². The van der Waals surface area contributed by atoms with Crippen LogP contribution in [0.25, 0.3) is 0 Å². The van der Waals surface area contributed by atoms with E-state index in [9.17, 15) is 0 Å². The summed E-state index contributed by atoms with van der Waals surface area (Å²) < 4.78 is 7.28. The molecule has 1 atom stereocenters. The summed E-state index contributed by atoms with van der Waals surface area (Å²) >= 11 is 7.06. The summed E-state index contributed by atoms with van der Waals surface area (Å²) in [4.78, 5) is 0. The van der Waals surface area contributed by atoms with E-state index in [1.165, 1.54) is 11.1 Å². The molecular weight excluding hydrogens is 346 g/mol. The standard InChI is InChI=1S/C13H13Br2NO/c1-16-13(6-9-4-5-17-8-9)11-3-2-10(14)7-12(11)15/h2-5,7-8,13,16H,6H2,1H3. The van der Waals surface area contributed by atoms with Crippen molar-refractivity contribution in [3.63, 3.8) is 0 Å². The van der Waals surface area contributed by atoms with Crippen LogP contribution in [0.3, 0.4) is 0 Å². The van der Waals surface area contributed by atoms with Crippen molar-refractivity contribution in [2.45, 2.75) is 12.5 Å². The molecule has 0 bridgehead atoms.